The molecule has 1 aliphatic heterocycles. The van der Waals surface area contributed by atoms with Gasteiger partial charge in [0.2, 0.25) is 11.8 Å². The molecule has 1 fully saturated rings. The van der Waals surface area contributed by atoms with Crippen LogP contribution in [0, 0.1) is 5.82 Å². The number of carbonyl (C=O) groups is 2. The number of nitrogens with one attached hydrogen (secondary N) is 2. The second kappa shape index (κ2) is 5.84. The van der Waals surface area contributed by atoms with Gasteiger partial charge in [0.1, 0.15) is 11.9 Å². The van der Waals surface area contributed by atoms with Gasteiger partial charge in [-0.3, -0.25) is 9.59 Å². The lowest BCUT2D eigenvalue weighted by molar-refractivity contribution is -0.131. The third-order valence-electron chi connectivity index (χ3n) is 4.28. The van der Waals surface area contributed by atoms with Crippen LogP contribution in [0.15, 0.2) is 18.2 Å². The molecule has 0 bridgehead atoms. The summed E-state index contributed by atoms with van der Waals surface area (Å²) in [5.41, 5.74) is 1.97. The zero-order chi connectivity index (χ0) is 14.8. The second-order valence-corrected chi connectivity index (χ2v) is 5.81. The predicted octanol–water partition coefficient (Wildman–Crippen LogP) is 1.99. The van der Waals surface area contributed by atoms with E-state index in [-0.39, 0.29) is 23.7 Å². The number of amides is 2. The molecule has 1 saturated heterocycles. The Morgan fingerprint density at radius 2 is 2.05 bits per heavy atom. The molecule has 0 radical (unpaired) electrons. The van der Waals surface area contributed by atoms with E-state index in [0.29, 0.717) is 12.8 Å². The van der Waals surface area contributed by atoms with Crippen molar-refractivity contribution < 1.29 is 14.0 Å². The van der Waals surface area contributed by atoms with Crippen LogP contribution in [0.25, 0.3) is 0 Å². The Hall–Kier alpha value is -1.91. The average molecular weight is 290 g/mol. The molecule has 112 valence electrons. The molecule has 1 heterocycles. The smallest absolute Gasteiger partial charge is 0.243 e. The number of hydrogen-bond donors (Lipinski definition) is 2. The minimum Gasteiger partial charge on any atom is -0.348 e. The maximum Gasteiger partial charge on any atom is 0.243 e. The molecule has 5 heteroatoms. The van der Waals surface area contributed by atoms with E-state index in [1.807, 2.05) is 0 Å². The Kier molecular flexibility index (Phi) is 3.90. The van der Waals surface area contributed by atoms with Gasteiger partial charge in [-0.25, -0.2) is 4.39 Å². The van der Waals surface area contributed by atoms with Crippen LogP contribution < -0.4 is 10.6 Å². The topological polar surface area (TPSA) is 58.2 Å². The molecule has 21 heavy (non-hydrogen) atoms. The van der Waals surface area contributed by atoms with Gasteiger partial charge in [0.05, 0.1) is 6.04 Å². The van der Waals surface area contributed by atoms with Crippen molar-refractivity contribution in [2.24, 2.45) is 0 Å². The number of fused-ring (bicyclic) bond motifs is 1. The lowest BCUT2D eigenvalue weighted by Gasteiger charge is -2.29. The summed E-state index contributed by atoms with van der Waals surface area (Å²) >= 11 is 0. The van der Waals surface area contributed by atoms with E-state index >= 15 is 0 Å². The standard InChI is InChI=1S/C16H19FN2O2/c17-11-7-8-12-10(9-11)3-1-4-13(12)19-16(21)14-5-2-6-15(20)18-14/h7-9,13-14H,1-6H2,(H,18,20)(H,19,21)/t13-,14+/m0/s1. The number of carbonyl (C=O) groups excluding carboxylic acids is 2. The Balaban J connectivity index is 1.71. The molecule has 0 saturated carbocycles. The minimum absolute atomic E-state index is 0.0625. The van der Waals surface area contributed by atoms with E-state index < -0.39 is 6.04 Å². The van der Waals surface area contributed by atoms with Crippen LogP contribution >= 0.6 is 0 Å². The Bertz CT molecular complexity index is 573. The molecule has 0 spiro atoms. The summed E-state index contributed by atoms with van der Waals surface area (Å²) in [5.74, 6) is -0.432. The minimum atomic E-state index is -0.433. The molecule has 1 aliphatic carbocycles. The molecule has 2 amide bonds. The number of aryl methyl sites for hydroxylation is 1. The third-order valence-corrected chi connectivity index (χ3v) is 4.28. The molecule has 4 nitrogen and oxygen atoms in total. The van der Waals surface area contributed by atoms with Gasteiger partial charge in [0, 0.05) is 6.42 Å². The maximum atomic E-state index is 13.3. The van der Waals surface area contributed by atoms with Gasteiger partial charge in [-0.05, 0) is 55.4 Å². The second-order valence-electron chi connectivity index (χ2n) is 5.81. The van der Waals surface area contributed by atoms with Crippen molar-refractivity contribution in [2.75, 3.05) is 0 Å². The molecule has 0 unspecified atom stereocenters. The lowest BCUT2D eigenvalue weighted by Crippen LogP contribution is -2.50. The molecule has 1 aromatic carbocycles. The number of piperidine rings is 1. The van der Waals surface area contributed by atoms with E-state index in [1.165, 1.54) is 6.07 Å². The summed E-state index contributed by atoms with van der Waals surface area (Å²) < 4.78 is 13.3. The van der Waals surface area contributed by atoms with Crippen LogP contribution in [-0.2, 0) is 16.0 Å². The zero-order valence-corrected chi connectivity index (χ0v) is 11.8. The van der Waals surface area contributed by atoms with Gasteiger partial charge in [-0.2, -0.15) is 0 Å². The number of rotatable bonds is 2. The monoisotopic (exact) mass is 290 g/mol. The summed E-state index contributed by atoms with van der Waals surface area (Å²) in [6.45, 7) is 0. The predicted molar refractivity (Wildman–Crippen MR) is 76.0 cm³/mol. The first kappa shape index (κ1) is 14.0. The SMILES string of the molecule is O=C1CCC[C@H](C(=O)N[C@H]2CCCc3cc(F)ccc32)N1. The van der Waals surface area contributed by atoms with E-state index in [9.17, 15) is 14.0 Å². The first-order valence-electron chi connectivity index (χ1n) is 7.51. The normalized spacial score (nSPS) is 24.9. The first-order valence-corrected chi connectivity index (χ1v) is 7.51. The fourth-order valence-electron chi connectivity index (χ4n) is 3.21. The van der Waals surface area contributed by atoms with Crippen molar-refractivity contribution in [1.82, 2.24) is 10.6 Å². The zero-order valence-electron chi connectivity index (χ0n) is 11.8. The van der Waals surface area contributed by atoms with Crippen LogP contribution in [0.3, 0.4) is 0 Å². The molecule has 2 aliphatic rings. The van der Waals surface area contributed by atoms with E-state index in [0.717, 1.165) is 36.8 Å². The Morgan fingerprint density at radius 1 is 1.24 bits per heavy atom. The van der Waals surface area contributed by atoms with Gasteiger partial charge >= 0.3 is 0 Å². The summed E-state index contributed by atoms with van der Waals surface area (Å²) in [6, 6.07) is 4.23. The Morgan fingerprint density at radius 3 is 2.86 bits per heavy atom. The van der Waals surface area contributed by atoms with Crippen molar-refractivity contribution in [3.8, 4) is 0 Å². The average Bonchev–Trinajstić information content (AvgIpc) is 2.47. The van der Waals surface area contributed by atoms with Crippen LogP contribution in [0.2, 0.25) is 0 Å². The summed E-state index contributed by atoms with van der Waals surface area (Å²) in [6.07, 6.45) is 4.55. The number of benzene rings is 1. The van der Waals surface area contributed by atoms with Crippen molar-refractivity contribution in [1.29, 1.82) is 0 Å². The van der Waals surface area contributed by atoms with Gasteiger partial charge < -0.3 is 10.6 Å². The fourth-order valence-corrected chi connectivity index (χ4v) is 3.21. The maximum absolute atomic E-state index is 13.3. The molecule has 1 aromatic rings. The number of hydrogen-bond acceptors (Lipinski definition) is 2. The molecule has 0 aromatic heterocycles. The molecular weight excluding hydrogens is 271 g/mol. The van der Waals surface area contributed by atoms with Crippen LogP contribution in [0.5, 0.6) is 0 Å². The lowest BCUT2D eigenvalue weighted by atomic mass is 9.87. The quantitative estimate of drug-likeness (QED) is 0.875. The van der Waals surface area contributed by atoms with Crippen molar-refractivity contribution >= 4 is 11.8 Å². The van der Waals surface area contributed by atoms with Gasteiger partial charge in [0.25, 0.3) is 0 Å². The highest BCUT2D eigenvalue weighted by molar-refractivity contribution is 5.88. The molecule has 2 N–H and O–H groups in total. The van der Waals surface area contributed by atoms with E-state index in [1.54, 1.807) is 12.1 Å². The van der Waals surface area contributed by atoms with Gasteiger partial charge in [0.15, 0.2) is 0 Å². The highest BCUT2D eigenvalue weighted by Gasteiger charge is 2.28. The molecular formula is C16H19FN2O2. The third kappa shape index (κ3) is 3.06. The van der Waals surface area contributed by atoms with Crippen LogP contribution in [0.1, 0.15) is 49.3 Å². The highest BCUT2D eigenvalue weighted by Crippen LogP contribution is 2.30. The summed E-state index contributed by atoms with van der Waals surface area (Å²) in [7, 11) is 0. The van der Waals surface area contributed by atoms with E-state index in [4.69, 9.17) is 0 Å². The first-order chi connectivity index (χ1) is 10.1. The van der Waals surface area contributed by atoms with Crippen LogP contribution in [-0.4, -0.2) is 17.9 Å². The van der Waals surface area contributed by atoms with Gasteiger partial charge in [-0.15, -0.1) is 0 Å². The fraction of sp³-hybridized carbons (Fsp3) is 0.500. The number of halogens is 1. The van der Waals surface area contributed by atoms with Crippen molar-refractivity contribution in [3.05, 3.63) is 35.1 Å². The van der Waals surface area contributed by atoms with Crippen molar-refractivity contribution in [2.45, 2.75) is 50.6 Å². The van der Waals surface area contributed by atoms with E-state index in [2.05, 4.69) is 10.6 Å². The summed E-state index contributed by atoms with van der Waals surface area (Å²) in [5, 5.41) is 5.74. The Labute approximate surface area is 123 Å². The largest absolute Gasteiger partial charge is 0.348 e. The molecule has 2 atom stereocenters. The van der Waals surface area contributed by atoms with Crippen molar-refractivity contribution in [3.63, 3.8) is 0 Å². The van der Waals surface area contributed by atoms with Crippen LogP contribution in [0.4, 0.5) is 4.39 Å². The highest BCUT2D eigenvalue weighted by atomic mass is 19.1. The van der Waals surface area contributed by atoms with Gasteiger partial charge in [-0.1, -0.05) is 6.07 Å². The summed E-state index contributed by atoms with van der Waals surface area (Å²) in [4.78, 5) is 23.7. The molecule has 3 rings (SSSR count).